The monoisotopic (exact) mass is 588 g/mol. The Hall–Kier alpha value is -4.96. The summed E-state index contributed by atoms with van der Waals surface area (Å²) in [6.45, 7) is 0. The molecule has 0 atom stereocenters. The quantitative estimate of drug-likeness (QED) is 0.165. The molecule has 0 saturated carbocycles. The third-order valence-corrected chi connectivity index (χ3v) is 6.61. The van der Waals surface area contributed by atoms with Crippen LogP contribution in [0.1, 0.15) is 60.0 Å². The van der Waals surface area contributed by atoms with E-state index in [-0.39, 0.29) is 52.7 Å². The molecule has 5 rings (SSSR count). The molecule has 0 saturated heterocycles. The van der Waals surface area contributed by atoms with Gasteiger partial charge in [0.25, 0.3) is 0 Å². The minimum atomic E-state index is -1.29. The maximum Gasteiger partial charge on any atom is 0.335 e. The lowest BCUT2D eigenvalue weighted by Crippen LogP contribution is -2.23. The predicted octanol–water partition coefficient (Wildman–Crippen LogP) is 6.38. The van der Waals surface area contributed by atoms with Gasteiger partial charge in [0.15, 0.2) is 11.6 Å². The number of aromatic carboxylic acids is 2. The van der Waals surface area contributed by atoms with Gasteiger partial charge in [0.1, 0.15) is 11.5 Å². The predicted molar refractivity (Wildman–Crippen MR) is 149 cm³/mol. The smallest absolute Gasteiger partial charge is 0.335 e. The number of rotatable bonds is 6. The van der Waals surface area contributed by atoms with Crippen molar-refractivity contribution in [2.75, 3.05) is 11.1 Å². The first-order valence-electron chi connectivity index (χ1n) is 11.1. The number of carboxylic acid groups (broad SMARTS) is 2. The number of hydrogen-bond acceptors (Lipinski definition) is 7. The fourth-order valence-corrected chi connectivity index (χ4v) is 4.61. The van der Waals surface area contributed by atoms with Crippen LogP contribution in [0, 0.1) is 0 Å². The van der Waals surface area contributed by atoms with Crippen molar-refractivity contribution in [3.8, 4) is 11.5 Å². The van der Waals surface area contributed by atoms with Crippen molar-refractivity contribution in [3.63, 3.8) is 0 Å². The summed E-state index contributed by atoms with van der Waals surface area (Å²) in [5.74, 6) is -2.88. The summed E-state index contributed by atoms with van der Waals surface area (Å²) < 4.78 is 6.13. The van der Waals surface area contributed by atoms with E-state index >= 15 is 0 Å². The van der Waals surface area contributed by atoms with Gasteiger partial charge in [-0.2, -0.15) is 0 Å². The molecule has 0 unspecified atom stereocenters. The Labute approximate surface area is 231 Å². The lowest BCUT2D eigenvalue weighted by molar-refractivity contribution is 0.0696. The molecule has 4 aromatic carbocycles. The molecule has 9 nitrogen and oxygen atoms in total. The van der Waals surface area contributed by atoms with Crippen molar-refractivity contribution in [2.24, 2.45) is 0 Å². The number of benzene rings is 4. The largest absolute Gasteiger partial charge is 0.478 e. The summed E-state index contributed by atoms with van der Waals surface area (Å²) in [4.78, 5) is 49.3. The van der Waals surface area contributed by atoms with Crippen LogP contribution >= 0.6 is 15.9 Å². The van der Waals surface area contributed by atoms with Crippen molar-refractivity contribution < 1.29 is 34.1 Å². The second-order valence-corrected chi connectivity index (χ2v) is 9.24. The summed E-state index contributed by atoms with van der Waals surface area (Å²) in [7, 11) is 0. The van der Waals surface area contributed by atoms with Crippen LogP contribution in [-0.4, -0.2) is 33.7 Å². The van der Waals surface area contributed by atoms with Gasteiger partial charge in [-0.15, -0.1) is 0 Å². The number of carboxylic acids is 2. The number of anilines is 3. The summed E-state index contributed by atoms with van der Waals surface area (Å²) in [5.41, 5.74) is 7.72. The lowest BCUT2D eigenvalue weighted by Gasteiger charge is -2.23. The van der Waals surface area contributed by atoms with Gasteiger partial charge in [-0.05, 0) is 64.5 Å². The number of ketones is 2. The minimum Gasteiger partial charge on any atom is -0.478 e. The highest BCUT2D eigenvalue weighted by Crippen LogP contribution is 2.40. The van der Waals surface area contributed by atoms with E-state index in [1.54, 1.807) is 54.6 Å². The van der Waals surface area contributed by atoms with Crippen LogP contribution in [0.25, 0.3) is 0 Å². The van der Waals surface area contributed by atoms with Gasteiger partial charge in [0.2, 0.25) is 0 Å². The van der Waals surface area contributed by atoms with Gasteiger partial charge in [-0.1, -0.05) is 31.7 Å². The van der Waals surface area contributed by atoms with Crippen LogP contribution in [0.2, 0.25) is 0 Å². The number of carbonyl (C=O) groups excluding carboxylic acids is 2. The standard InChI is InChI=1S/C28H17BrN2O7.CH4/c29-20-12-21(22-23(24(20)30)26(33)19-4-2-1-3-18(19)25(22)32)31-15-5-7-16(8-6-15)38-17-10-13(27(34)35)9-14(11-17)28(36)37;/h1-12,31H,30H2,(H,34,35)(H,36,37);1H4. The van der Waals surface area contributed by atoms with Crippen molar-refractivity contribution in [3.05, 3.63) is 111 Å². The Morgan fingerprint density at radius 1 is 0.769 bits per heavy atom. The van der Waals surface area contributed by atoms with E-state index in [4.69, 9.17) is 10.5 Å². The SMILES string of the molecule is C.Nc1c(Br)cc(Nc2ccc(Oc3cc(C(=O)O)cc(C(=O)O)c3)cc2)c2c1C(=O)c1ccccc1C2=O. The Balaban J connectivity index is 0.00000353. The summed E-state index contributed by atoms with van der Waals surface area (Å²) in [6, 6.07) is 18.1. The van der Waals surface area contributed by atoms with Gasteiger partial charge in [0, 0.05) is 21.3 Å². The molecule has 0 fully saturated rings. The highest BCUT2D eigenvalue weighted by Gasteiger charge is 2.34. The van der Waals surface area contributed by atoms with E-state index in [9.17, 15) is 29.4 Å². The van der Waals surface area contributed by atoms with Crippen molar-refractivity contribution in [1.29, 1.82) is 0 Å². The number of fused-ring (bicyclic) bond motifs is 2. The van der Waals surface area contributed by atoms with Crippen LogP contribution in [-0.2, 0) is 0 Å². The van der Waals surface area contributed by atoms with Gasteiger partial charge < -0.3 is 26.0 Å². The van der Waals surface area contributed by atoms with Crippen molar-refractivity contribution >= 4 is 56.5 Å². The van der Waals surface area contributed by atoms with E-state index in [0.29, 0.717) is 32.7 Å². The first kappa shape index (κ1) is 27.1. The number of nitrogens with two attached hydrogens (primary N) is 1. The van der Waals surface area contributed by atoms with Crippen molar-refractivity contribution in [1.82, 2.24) is 0 Å². The maximum absolute atomic E-state index is 13.4. The highest BCUT2D eigenvalue weighted by atomic mass is 79.9. The molecule has 4 aromatic rings. The molecule has 0 aliphatic heterocycles. The normalized spacial score (nSPS) is 11.6. The Kier molecular flexibility index (Phi) is 7.24. The number of hydrogen-bond donors (Lipinski definition) is 4. The zero-order valence-corrected chi connectivity index (χ0v) is 20.9. The fraction of sp³-hybridized carbons (Fsp3) is 0.0345. The molecule has 1 aliphatic carbocycles. The van der Waals surface area contributed by atoms with Crippen LogP contribution in [0.3, 0.4) is 0 Å². The van der Waals surface area contributed by atoms with E-state index in [1.165, 1.54) is 12.1 Å². The molecule has 196 valence electrons. The highest BCUT2D eigenvalue weighted by molar-refractivity contribution is 9.10. The Morgan fingerprint density at radius 2 is 1.31 bits per heavy atom. The molecule has 0 radical (unpaired) electrons. The zero-order chi connectivity index (χ0) is 27.1. The molecular formula is C29H21BrN2O7. The Bertz CT molecular complexity index is 1650. The first-order valence-corrected chi connectivity index (χ1v) is 11.9. The molecule has 5 N–H and O–H groups in total. The number of ether oxygens (including phenoxy) is 1. The lowest BCUT2D eigenvalue weighted by atomic mass is 9.82. The van der Waals surface area contributed by atoms with E-state index in [1.807, 2.05) is 0 Å². The summed E-state index contributed by atoms with van der Waals surface area (Å²) in [5, 5.41) is 21.7. The zero-order valence-electron chi connectivity index (χ0n) is 19.3. The summed E-state index contributed by atoms with van der Waals surface area (Å²) >= 11 is 3.37. The van der Waals surface area contributed by atoms with E-state index in [2.05, 4.69) is 21.2 Å². The molecule has 0 heterocycles. The summed E-state index contributed by atoms with van der Waals surface area (Å²) in [6.07, 6.45) is 0. The number of nitrogen functional groups attached to an aromatic ring is 1. The molecule has 0 spiro atoms. The van der Waals surface area contributed by atoms with Crippen LogP contribution < -0.4 is 15.8 Å². The third kappa shape index (κ3) is 4.97. The third-order valence-electron chi connectivity index (χ3n) is 5.96. The minimum absolute atomic E-state index is 0. The van der Waals surface area contributed by atoms with Crippen molar-refractivity contribution in [2.45, 2.75) is 7.43 Å². The first-order chi connectivity index (χ1) is 18.1. The number of nitrogens with one attached hydrogen (secondary N) is 1. The second kappa shape index (κ2) is 10.4. The molecule has 0 aromatic heterocycles. The van der Waals surface area contributed by atoms with Gasteiger partial charge in [-0.25, -0.2) is 9.59 Å². The molecule has 10 heteroatoms. The number of halogens is 1. The van der Waals surface area contributed by atoms with Gasteiger partial charge in [-0.3, -0.25) is 9.59 Å². The van der Waals surface area contributed by atoms with Crippen LogP contribution in [0.5, 0.6) is 11.5 Å². The average Bonchev–Trinajstić information content (AvgIpc) is 2.90. The van der Waals surface area contributed by atoms with E-state index in [0.717, 1.165) is 6.07 Å². The fourth-order valence-electron chi connectivity index (χ4n) is 4.19. The molecule has 0 amide bonds. The molecular weight excluding hydrogens is 568 g/mol. The number of carbonyl (C=O) groups is 4. The van der Waals surface area contributed by atoms with E-state index < -0.39 is 11.9 Å². The average molecular weight is 589 g/mol. The van der Waals surface area contributed by atoms with Gasteiger partial charge >= 0.3 is 11.9 Å². The maximum atomic E-state index is 13.4. The topological polar surface area (TPSA) is 156 Å². The molecule has 1 aliphatic rings. The molecule has 0 bridgehead atoms. The van der Waals surface area contributed by atoms with Gasteiger partial charge in [0.05, 0.1) is 33.6 Å². The van der Waals surface area contributed by atoms with Crippen LogP contribution in [0.4, 0.5) is 17.1 Å². The van der Waals surface area contributed by atoms with Crippen LogP contribution in [0.15, 0.2) is 77.3 Å². The second-order valence-electron chi connectivity index (χ2n) is 8.38. The Morgan fingerprint density at radius 3 is 1.85 bits per heavy atom. The molecule has 39 heavy (non-hydrogen) atoms.